The summed E-state index contributed by atoms with van der Waals surface area (Å²) in [6.45, 7) is 3.81. The van der Waals surface area contributed by atoms with E-state index in [1.54, 1.807) is 18.5 Å². The van der Waals surface area contributed by atoms with Crippen molar-refractivity contribution >= 4 is 17.1 Å². The third-order valence-corrected chi connectivity index (χ3v) is 6.85. The minimum atomic E-state index is -0.0515. The van der Waals surface area contributed by atoms with Crippen LogP contribution in [0.15, 0.2) is 41.5 Å². The molecule has 1 saturated heterocycles. The topological polar surface area (TPSA) is 73.0 Å². The normalized spacial score (nSPS) is 19.9. The van der Waals surface area contributed by atoms with Crippen molar-refractivity contribution in [3.8, 4) is 0 Å². The van der Waals surface area contributed by atoms with E-state index in [1.165, 1.54) is 32.1 Å². The van der Waals surface area contributed by atoms with Gasteiger partial charge in [-0.3, -0.25) is 18.9 Å². The predicted molar refractivity (Wildman–Crippen MR) is 119 cm³/mol. The third-order valence-electron chi connectivity index (χ3n) is 6.85. The van der Waals surface area contributed by atoms with E-state index in [0.717, 1.165) is 29.8 Å². The smallest absolute Gasteiger partial charge is 0.330 e. The summed E-state index contributed by atoms with van der Waals surface area (Å²) in [4.78, 5) is 37.1. The fourth-order valence-electron chi connectivity index (χ4n) is 5.24. The molecule has 0 unspecified atom stereocenters. The quantitative estimate of drug-likeness (QED) is 0.648. The maximum absolute atomic E-state index is 13.5. The van der Waals surface area contributed by atoms with Crippen LogP contribution in [0.5, 0.6) is 0 Å². The van der Waals surface area contributed by atoms with Crippen LogP contribution < -0.4 is 5.69 Å². The highest BCUT2D eigenvalue weighted by molar-refractivity contribution is 5.94. The summed E-state index contributed by atoms with van der Waals surface area (Å²) in [5.74, 6) is 0.558. The van der Waals surface area contributed by atoms with E-state index in [9.17, 15) is 9.59 Å². The first-order chi connectivity index (χ1) is 15.1. The molecule has 162 valence electrons. The molecule has 0 spiro atoms. The van der Waals surface area contributed by atoms with Gasteiger partial charge in [-0.1, -0.05) is 19.3 Å². The summed E-state index contributed by atoms with van der Waals surface area (Å²) in [6.07, 6.45) is 10.4. The fourth-order valence-corrected chi connectivity index (χ4v) is 5.24. The van der Waals surface area contributed by atoms with Gasteiger partial charge in [-0.2, -0.15) is 0 Å². The van der Waals surface area contributed by atoms with E-state index in [0.29, 0.717) is 24.6 Å². The molecule has 0 aromatic carbocycles. The monoisotopic (exact) mass is 419 g/mol. The molecule has 0 radical (unpaired) electrons. The Bertz CT molecular complexity index is 1160. The molecular weight excluding hydrogens is 390 g/mol. The largest absolute Gasteiger partial charge is 0.336 e. The van der Waals surface area contributed by atoms with Crippen LogP contribution in [0.3, 0.4) is 0 Å². The molecule has 2 fully saturated rings. The van der Waals surface area contributed by atoms with E-state index in [-0.39, 0.29) is 17.6 Å². The van der Waals surface area contributed by atoms with Crippen molar-refractivity contribution in [2.24, 2.45) is 5.92 Å². The van der Waals surface area contributed by atoms with Gasteiger partial charge in [-0.25, -0.2) is 9.78 Å². The van der Waals surface area contributed by atoms with Gasteiger partial charge in [0.2, 0.25) is 0 Å². The lowest BCUT2D eigenvalue weighted by molar-refractivity contribution is 0.0787. The molecule has 5 rings (SSSR count). The lowest BCUT2D eigenvalue weighted by Gasteiger charge is -2.21. The Morgan fingerprint density at radius 1 is 1.10 bits per heavy atom. The molecule has 7 nitrogen and oxygen atoms in total. The number of hydrogen-bond donors (Lipinski definition) is 0. The molecule has 7 heteroatoms. The summed E-state index contributed by atoms with van der Waals surface area (Å²) in [5.41, 5.74) is 3.14. The molecule has 1 aliphatic heterocycles. The van der Waals surface area contributed by atoms with Gasteiger partial charge in [-0.05, 0) is 56.4 Å². The van der Waals surface area contributed by atoms with E-state index < -0.39 is 0 Å². The lowest BCUT2D eigenvalue weighted by atomic mass is 9.89. The van der Waals surface area contributed by atoms with Crippen LogP contribution in [0, 0.1) is 12.8 Å². The number of carbonyl (C=O) groups is 1. The number of pyridine rings is 2. The number of imidazole rings is 1. The average Bonchev–Trinajstić information content (AvgIpc) is 3.37. The van der Waals surface area contributed by atoms with Crippen molar-refractivity contribution in [2.75, 3.05) is 13.1 Å². The number of carbonyl (C=O) groups excluding carboxylic acids is 1. The van der Waals surface area contributed by atoms with E-state index >= 15 is 0 Å². The Kier molecular flexibility index (Phi) is 5.34. The molecule has 31 heavy (non-hydrogen) atoms. The predicted octanol–water partition coefficient (Wildman–Crippen LogP) is 3.57. The highest BCUT2D eigenvalue weighted by Gasteiger charge is 2.32. The molecule has 0 N–H and O–H groups in total. The molecular formula is C24H29N5O2. The number of nitrogens with zero attached hydrogens (tertiary/aromatic N) is 5. The van der Waals surface area contributed by atoms with Crippen LogP contribution in [0.2, 0.25) is 0 Å². The number of hydrogen-bond acceptors (Lipinski definition) is 4. The Morgan fingerprint density at radius 3 is 2.74 bits per heavy atom. The van der Waals surface area contributed by atoms with Crippen LogP contribution in [-0.2, 0) is 6.54 Å². The van der Waals surface area contributed by atoms with Gasteiger partial charge < -0.3 is 4.90 Å². The fraction of sp³-hybridized carbons (Fsp3) is 0.500. The molecule has 1 atom stereocenters. The number of likely N-dealkylation sites (tertiary alicyclic amines) is 1. The Hall–Kier alpha value is -2.96. The molecule has 2 aliphatic rings. The van der Waals surface area contributed by atoms with Crippen LogP contribution in [0.25, 0.3) is 11.2 Å². The molecule has 3 aromatic rings. The van der Waals surface area contributed by atoms with Crippen LogP contribution in [0.4, 0.5) is 0 Å². The minimum absolute atomic E-state index is 0.0000445. The number of fused-ring (bicyclic) bond motifs is 1. The summed E-state index contributed by atoms with van der Waals surface area (Å²) in [7, 11) is 0. The third kappa shape index (κ3) is 3.77. The van der Waals surface area contributed by atoms with E-state index in [2.05, 4.69) is 9.97 Å². The lowest BCUT2D eigenvalue weighted by Crippen LogP contribution is -2.33. The van der Waals surface area contributed by atoms with Gasteiger partial charge in [0.25, 0.3) is 5.91 Å². The summed E-state index contributed by atoms with van der Waals surface area (Å²) >= 11 is 0. The van der Waals surface area contributed by atoms with Gasteiger partial charge in [0, 0.05) is 43.3 Å². The molecule has 1 saturated carbocycles. The van der Waals surface area contributed by atoms with Crippen molar-refractivity contribution in [1.82, 2.24) is 24.0 Å². The summed E-state index contributed by atoms with van der Waals surface area (Å²) in [6, 6.07) is 7.43. The first-order valence-electron chi connectivity index (χ1n) is 11.4. The number of amides is 1. The zero-order chi connectivity index (χ0) is 21.4. The molecule has 1 aliphatic carbocycles. The second kappa shape index (κ2) is 8.29. The van der Waals surface area contributed by atoms with Crippen molar-refractivity contribution in [1.29, 1.82) is 0 Å². The standard InChI is InChI=1S/C24H29N5O2/c1-17-14-19(9-12-25-17)23(30)27-13-10-20(16-27)29-22-21(8-5-11-26-22)28(24(29)31)15-18-6-3-2-4-7-18/h5,8-9,11-12,14,18,20H,2-4,6-7,10,13,15-16H2,1H3/t20-/m1/s1. The first kappa shape index (κ1) is 20.0. The molecule has 3 aromatic heterocycles. The van der Waals surface area contributed by atoms with E-state index in [1.807, 2.05) is 39.2 Å². The average molecular weight is 420 g/mol. The van der Waals surface area contributed by atoms with Crippen LogP contribution >= 0.6 is 0 Å². The highest BCUT2D eigenvalue weighted by atomic mass is 16.2. The van der Waals surface area contributed by atoms with Crippen LogP contribution in [0.1, 0.15) is 60.6 Å². The van der Waals surface area contributed by atoms with Gasteiger partial charge in [0.15, 0.2) is 5.65 Å². The summed E-state index contributed by atoms with van der Waals surface area (Å²) in [5, 5.41) is 0. The summed E-state index contributed by atoms with van der Waals surface area (Å²) < 4.78 is 3.76. The Labute approximate surface area is 181 Å². The SMILES string of the molecule is Cc1cc(C(=O)N2CC[C@@H](n3c(=O)n(CC4CCCCC4)c4cccnc43)C2)ccn1. The maximum Gasteiger partial charge on any atom is 0.330 e. The Balaban J connectivity index is 1.43. The highest BCUT2D eigenvalue weighted by Crippen LogP contribution is 2.28. The molecule has 1 amide bonds. The van der Waals surface area contributed by atoms with Gasteiger partial charge in [0.1, 0.15) is 0 Å². The number of aromatic nitrogens is 4. The second-order valence-electron chi connectivity index (χ2n) is 8.99. The maximum atomic E-state index is 13.5. The van der Waals surface area contributed by atoms with Crippen LogP contribution in [-0.4, -0.2) is 43.0 Å². The van der Waals surface area contributed by atoms with Gasteiger partial charge >= 0.3 is 5.69 Å². The second-order valence-corrected chi connectivity index (χ2v) is 8.99. The van der Waals surface area contributed by atoms with Crippen molar-refractivity contribution in [3.63, 3.8) is 0 Å². The first-order valence-corrected chi connectivity index (χ1v) is 11.4. The van der Waals surface area contributed by atoms with Crippen molar-refractivity contribution in [2.45, 2.75) is 58.0 Å². The van der Waals surface area contributed by atoms with Gasteiger partial charge in [0.05, 0.1) is 11.6 Å². The number of rotatable bonds is 4. The number of aryl methyl sites for hydroxylation is 1. The molecule has 0 bridgehead atoms. The minimum Gasteiger partial charge on any atom is -0.336 e. The zero-order valence-corrected chi connectivity index (χ0v) is 18.0. The van der Waals surface area contributed by atoms with Crippen molar-refractivity contribution in [3.05, 3.63) is 58.4 Å². The van der Waals surface area contributed by atoms with Gasteiger partial charge in [-0.15, -0.1) is 0 Å². The zero-order valence-electron chi connectivity index (χ0n) is 18.0. The molecule has 4 heterocycles. The van der Waals surface area contributed by atoms with E-state index in [4.69, 9.17) is 0 Å². The Morgan fingerprint density at radius 2 is 1.94 bits per heavy atom. The van der Waals surface area contributed by atoms with Crippen molar-refractivity contribution < 1.29 is 4.79 Å².